The number of rotatable bonds is 7. The number of hydrogen-bond donors (Lipinski definition) is 2. The molecule has 1 atom stereocenters. The van der Waals surface area contributed by atoms with Gasteiger partial charge in [-0.3, -0.25) is 0 Å². The first-order valence-electron chi connectivity index (χ1n) is 8.05. The molecule has 23 heavy (non-hydrogen) atoms. The summed E-state index contributed by atoms with van der Waals surface area (Å²) in [6.45, 7) is 6.07. The summed E-state index contributed by atoms with van der Waals surface area (Å²) in [6, 6.07) is 11.4. The summed E-state index contributed by atoms with van der Waals surface area (Å²) in [5.74, 6) is 1.42. The van der Waals surface area contributed by atoms with Crippen molar-refractivity contribution in [3.8, 4) is 11.5 Å². The van der Waals surface area contributed by atoms with Gasteiger partial charge in [0.05, 0.1) is 5.69 Å². The summed E-state index contributed by atoms with van der Waals surface area (Å²) in [5, 5.41) is 0. The quantitative estimate of drug-likeness (QED) is 0.585. The van der Waals surface area contributed by atoms with Gasteiger partial charge in [0, 0.05) is 12.1 Å². The number of anilines is 2. The lowest BCUT2D eigenvalue weighted by Crippen LogP contribution is -2.24. The zero-order valence-electron chi connectivity index (χ0n) is 14.1. The smallest absolute Gasteiger partial charge is 0.241 e. The molecule has 1 unspecified atom stereocenters. The number of benzene rings is 2. The van der Waals surface area contributed by atoms with Gasteiger partial charge in [0.15, 0.2) is 0 Å². The lowest BCUT2D eigenvalue weighted by Gasteiger charge is -2.22. The van der Waals surface area contributed by atoms with Crippen LogP contribution in [0.15, 0.2) is 36.4 Å². The summed E-state index contributed by atoms with van der Waals surface area (Å²) in [5.41, 5.74) is 15.4. The number of nitrogens with two attached hydrogens (primary N) is 2. The fourth-order valence-corrected chi connectivity index (χ4v) is 2.28. The predicted molar refractivity (Wildman–Crippen MR) is 95.8 cm³/mol. The lowest BCUT2D eigenvalue weighted by molar-refractivity contribution is -0.00160. The van der Waals surface area contributed by atoms with Gasteiger partial charge in [-0.2, -0.15) is 0 Å². The van der Waals surface area contributed by atoms with E-state index in [0.717, 1.165) is 41.8 Å². The van der Waals surface area contributed by atoms with Crippen molar-refractivity contribution in [1.29, 1.82) is 0 Å². The maximum atomic E-state index is 6.10. The summed E-state index contributed by atoms with van der Waals surface area (Å²) in [6.07, 6.45) is 2.52. The molecule has 0 bridgehead atoms. The van der Waals surface area contributed by atoms with E-state index in [0.29, 0.717) is 11.4 Å². The molecule has 0 saturated heterocycles. The lowest BCUT2D eigenvalue weighted by atomic mass is 10.2. The van der Waals surface area contributed by atoms with Crippen molar-refractivity contribution >= 4 is 11.4 Å². The minimum atomic E-state index is -0.373. The van der Waals surface area contributed by atoms with Crippen molar-refractivity contribution in [3.63, 3.8) is 0 Å². The van der Waals surface area contributed by atoms with Crippen molar-refractivity contribution in [2.75, 3.05) is 11.5 Å². The van der Waals surface area contributed by atoms with E-state index >= 15 is 0 Å². The molecule has 2 aromatic carbocycles. The van der Waals surface area contributed by atoms with Crippen LogP contribution in [0.25, 0.3) is 0 Å². The second kappa shape index (κ2) is 7.77. The van der Waals surface area contributed by atoms with Gasteiger partial charge in [-0.1, -0.05) is 25.5 Å². The minimum absolute atomic E-state index is 0.373. The van der Waals surface area contributed by atoms with Gasteiger partial charge in [0.1, 0.15) is 11.5 Å². The molecule has 0 heterocycles. The highest BCUT2D eigenvalue weighted by Crippen LogP contribution is 2.28. The number of ether oxygens (including phenoxy) is 2. The maximum Gasteiger partial charge on any atom is 0.241 e. The Morgan fingerprint density at radius 2 is 1.78 bits per heavy atom. The summed E-state index contributed by atoms with van der Waals surface area (Å²) >= 11 is 0. The first-order valence-corrected chi connectivity index (χ1v) is 8.05. The molecule has 0 spiro atoms. The fourth-order valence-electron chi connectivity index (χ4n) is 2.28. The zero-order valence-corrected chi connectivity index (χ0v) is 14.1. The van der Waals surface area contributed by atoms with Crippen LogP contribution in [0.5, 0.6) is 11.5 Å². The molecule has 0 fully saturated rings. The first-order chi connectivity index (χ1) is 11.0. The van der Waals surface area contributed by atoms with E-state index in [1.54, 1.807) is 0 Å². The molecule has 0 aliphatic rings. The van der Waals surface area contributed by atoms with Gasteiger partial charge in [0.25, 0.3) is 0 Å². The highest BCUT2D eigenvalue weighted by molar-refractivity contribution is 5.57. The summed E-state index contributed by atoms with van der Waals surface area (Å²) in [4.78, 5) is 0. The van der Waals surface area contributed by atoms with Crippen molar-refractivity contribution in [3.05, 3.63) is 47.5 Å². The molecule has 0 radical (unpaired) electrons. The summed E-state index contributed by atoms with van der Waals surface area (Å²) in [7, 11) is 0. The van der Waals surface area contributed by atoms with Crippen LogP contribution in [0.1, 0.15) is 37.3 Å². The van der Waals surface area contributed by atoms with Gasteiger partial charge in [-0.25, -0.2) is 0 Å². The summed E-state index contributed by atoms with van der Waals surface area (Å²) < 4.78 is 12.0. The Kier molecular flexibility index (Phi) is 5.74. The SMILES string of the molecule is CCCCC(Oc1ccc(N)c(C)c1)Oc1cccc(C)c1N. The minimum Gasteiger partial charge on any atom is -0.455 e. The Labute approximate surface area is 138 Å². The molecule has 0 amide bonds. The topological polar surface area (TPSA) is 70.5 Å². The van der Waals surface area contributed by atoms with Gasteiger partial charge in [0.2, 0.25) is 6.29 Å². The van der Waals surface area contributed by atoms with E-state index in [-0.39, 0.29) is 6.29 Å². The highest BCUT2D eigenvalue weighted by Gasteiger charge is 2.15. The van der Waals surface area contributed by atoms with Gasteiger partial charge >= 0.3 is 0 Å². The molecule has 0 aliphatic heterocycles. The van der Waals surface area contributed by atoms with Crippen LogP contribution in [-0.2, 0) is 0 Å². The second-order valence-electron chi connectivity index (χ2n) is 5.81. The Morgan fingerprint density at radius 1 is 1.00 bits per heavy atom. The highest BCUT2D eigenvalue weighted by atomic mass is 16.7. The third kappa shape index (κ3) is 4.55. The Bertz CT molecular complexity index is 656. The van der Waals surface area contributed by atoms with Gasteiger partial charge in [-0.05, 0) is 55.7 Å². The molecule has 0 saturated carbocycles. The largest absolute Gasteiger partial charge is 0.455 e. The Morgan fingerprint density at radius 3 is 2.48 bits per heavy atom. The van der Waals surface area contributed by atoms with E-state index < -0.39 is 0 Å². The molecule has 4 nitrogen and oxygen atoms in total. The predicted octanol–water partition coefficient (Wildman–Crippen LogP) is 4.44. The van der Waals surface area contributed by atoms with Crippen LogP contribution >= 0.6 is 0 Å². The number of hydrogen-bond acceptors (Lipinski definition) is 4. The van der Waals surface area contributed by atoms with Crippen LogP contribution in [0.3, 0.4) is 0 Å². The average molecular weight is 314 g/mol. The van der Waals surface area contributed by atoms with Gasteiger partial charge in [-0.15, -0.1) is 0 Å². The van der Waals surface area contributed by atoms with Gasteiger partial charge < -0.3 is 20.9 Å². The Balaban J connectivity index is 2.15. The van der Waals surface area contributed by atoms with Crippen LogP contribution in [0, 0.1) is 13.8 Å². The normalized spacial score (nSPS) is 12.0. The molecule has 4 heteroatoms. The average Bonchev–Trinajstić information content (AvgIpc) is 2.53. The zero-order chi connectivity index (χ0) is 16.8. The number of aryl methyl sites for hydroxylation is 2. The number of para-hydroxylation sites is 1. The van der Waals surface area contributed by atoms with Crippen molar-refractivity contribution in [2.24, 2.45) is 0 Å². The van der Waals surface area contributed by atoms with Crippen LogP contribution in [0.4, 0.5) is 11.4 Å². The van der Waals surface area contributed by atoms with Crippen molar-refractivity contribution in [2.45, 2.75) is 46.3 Å². The first kappa shape index (κ1) is 17.0. The molecular formula is C19H26N2O2. The van der Waals surface area contributed by atoms with E-state index in [2.05, 4.69) is 6.92 Å². The van der Waals surface area contributed by atoms with Crippen molar-refractivity contribution < 1.29 is 9.47 Å². The molecule has 2 rings (SSSR count). The Hall–Kier alpha value is -2.36. The van der Waals surface area contributed by atoms with Crippen LogP contribution in [0.2, 0.25) is 0 Å². The number of unbranched alkanes of at least 4 members (excludes halogenated alkanes) is 1. The number of nitrogen functional groups attached to an aromatic ring is 2. The fraction of sp³-hybridized carbons (Fsp3) is 0.368. The van der Waals surface area contributed by atoms with E-state index in [1.807, 2.05) is 50.2 Å². The molecular weight excluding hydrogens is 288 g/mol. The molecule has 0 aliphatic carbocycles. The monoisotopic (exact) mass is 314 g/mol. The van der Waals surface area contributed by atoms with E-state index in [1.165, 1.54) is 0 Å². The molecule has 124 valence electrons. The van der Waals surface area contributed by atoms with Crippen molar-refractivity contribution in [1.82, 2.24) is 0 Å². The standard InChI is InChI=1S/C19H26N2O2/c1-4-5-9-18(22-15-10-11-16(20)14(3)12-15)23-17-8-6-7-13(2)19(17)21/h6-8,10-12,18H,4-5,9,20-21H2,1-3H3. The third-order valence-corrected chi connectivity index (χ3v) is 3.84. The molecule has 4 N–H and O–H groups in total. The van der Waals surface area contributed by atoms with E-state index in [9.17, 15) is 0 Å². The van der Waals surface area contributed by atoms with Crippen LogP contribution in [-0.4, -0.2) is 6.29 Å². The third-order valence-electron chi connectivity index (χ3n) is 3.84. The van der Waals surface area contributed by atoms with E-state index in [4.69, 9.17) is 20.9 Å². The molecule has 2 aromatic rings. The molecule has 0 aromatic heterocycles. The van der Waals surface area contributed by atoms with Crippen LogP contribution < -0.4 is 20.9 Å². The second-order valence-corrected chi connectivity index (χ2v) is 5.81. The maximum absolute atomic E-state index is 6.10.